The number of quaternary nitrogens is 1. The topological polar surface area (TPSA) is 29.5 Å². The van der Waals surface area contributed by atoms with Crippen molar-refractivity contribution in [3.63, 3.8) is 0 Å². The Hall–Kier alpha value is -1.84. The molecule has 2 aromatic carbocycles. The van der Waals surface area contributed by atoms with Crippen molar-refractivity contribution < 1.29 is 14.3 Å². The van der Waals surface area contributed by atoms with Gasteiger partial charge in [0.15, 0.2) is 0 Å². The van der Waals surface area contributed by atoms with Crippen molar-refractivity contribution in [2.24, 2.45) is 5.92 Å². The highest BCUT2D eigenvalue weighted by molar-refractivity contribution is 5.63. The average Bonchev–Trinajstić information content (AvgIpc) is 2.64. The number of benzene rings is 2. The Morgan fingerprint density at radius 3 is 2.24 bits per heavy atom. The van der Waals surface area contributed by atoms with Crippen molar-refractivity contribution in [1.82, 2.24) is 0 Å². The summed E-state index contributed by atoms with van der Waals surface area (Å²) in [5.41, 5.74) is 2.37. The Labute approximate surface area is 151 Å². The SMILES string of the molecule is CC1CC[N+](C)(CC(O)COc2ccc(-c3ccccc3)cc2)CC1. The Morgan fingerprint density at radius 2 is 1.60 bits per heavy atom. The first-order valence-corrected chi connectivity index (χ1v) is 9.34. The van der Waals surface area contributed by atoms with E-state index in [0.717, 1.165) is 35.8 Å². The van der Waals surface area contributed by atoms with Crippen LogP contribution < -0.4 is 4.74 Å². The minimum atomic E-state index is -0.424. The lowest BCUT2D eigenvalue weighted by atomic mass is 9.97. The Bertz CT molecular complexity index is 645. The highest BCUT2D eigenvalue weighted by Gasteiger charge is 2.30. The van der Waals surface area contributed by atoms with Crippen LogP contribution in [0.25, 0.3) is 11.1 Å². The van der Waals surface area contributed by atoms with E-state index in [1.165, 1.54) is 24.0 Å². The van der Waals surface area contributed by atoms with Gasteiger partial charge in [-0.25, -0.2) is 0 Å². The molecule has 3 nitrogen and oxygen atoms in total. The molecule has 134 valence electrons. The zero-order valence-corrected chi connectivity index (χ0v) is 15.4. The average molecular weight is 340 g/mol. The van der Waals surface area contributed by atoms with Crippen molar-refractivity contribution in [2.45, 2.75) is 25.9 Å². The predicted octanol–water partition coefficient (Wildman–Crippen LogP) is 3.97. The smallest absolute Gasteiger partial charge is 0.137 e. The monoisotopic (exact) mass is 340 g/mol. The summed E-state index contributed by atoms with van der Waals surface area (Å²) in [5.74, 6) is 1.64. The molecule has 0 bridgehead atoms. The Balaban J connectivity index is 1.50. The first-order valence-electron chi connectivity index (χ1n) is 9.34. The van der Waals surface area contributed by atoms with Crippen molar-refractivity contribution in [3.8, 4) is 16.9 Å². The number of ether oxygens (including phenoxy) is 1. The molecule has 0 spiro atoms. The molecule has 0 aliphatic carbocycles. The largest absolute Gasteiger partial charge is 0.491 e. The maximum absolute atomic E-state index is 10.4. The van der Waals surface area contributed by atoms with E-state index in [2.05, 4.69) is 38.2 Å². The van der Waals surface area contributed by atoms with Gasteiger partial charge in [0.05, 0.1) is 20.1 Å². The second-order valence-electron chi connectivity index (χ2n) is 7.79. The summed E-state index contributed by atoms with van der Waals surface area (Å²) >= 11 is 0. The summed E-state index contributed by atoms with van der Waals surface area (Å²) < 4.78 is 6.77. The van der Waals surface area contributed by atoms with Crippen LogP contribution in [0.3, 0.4) is 0 Å². The number of likely N-dealkylation sites (tertiary alicyclic amines) is 1. The first kappa shape index (κ1) is 18.0. The number of aliphatic hydroxyl groups is 1. The maximum atomic E-state index is 10.4. The molecular formula is C22H30NO2+. The van der Waals surface area contributed by atoms with Gasteiger partial charge in [0, 0.05) is 0 Å². The van der Waals surface area contributed by atoms with E-state index in [1.807, 2.05) is 30.3 Å². The zero-order valence-electron chi connectivity index (χ0n) is 15.4. The van der Waals surface area contributed by atoms with E-state index < -0.39 is 6.10 Å². The summed E-state index contributed by atoms with van der Waals surface area (Å²) in [4.78, 5) is 0. The summed E-state index contributed by atoms with van der Waals surface area (Å²) in [7, 11) is 2.25. The first-order chi connectivity index (χ1) is 12.0. The third kappa shape index (κ3) is 5.07. The standard InChI is InChI=1S/C22H30NO2/c1-18-12-14-23(2,15-13-18)16-21(24)17-25-22-10-8-20(9-11-22)19-6-4-3-5-7-19/h3-11,18,21,24H,12-17H2,1-2H3/q+1. The van der Waals surface area contributed by atoms with E-state index in [4.69, 9.17) is 4.74 Å². The lowest BCUT2D eigenvalue weighted by Crippen LogP contribution is -2.54. The molecule has 1 fully saturated rings. The van der Waals surface area contributed by atoms with Gasteiger partial charge in [-0.3, -0.25) is 0 Å². The van der Waals surface area contributed by atoms with Crippen molar-refractivity contribution in [3.05, 3.63) is 54.6 Å². The van der Waals surface area contributed by atoms with E-state index in [0.29, 0.717) is 6.61 Å². The van der Waals surface area contributed by atoms with Crippen LogP contribution >= 0.6 is 0 Å². The highest BCUT2D eigenvalue weighted by atomic mass is 16.5. The van der Waals surface area contributed by atoms with Gasteiger partial charge < -0.3 is 14.3 Å². The second kappa shape index (κ2) is 8.03. The molecule has 1 heterocycles. The van der Waals surface area contributed by atoms with Crippen molar-refractivity contribution in [2.75, 3.05) is 33.3 Å². The number of aliphatic hydroxyl groups excluding tert-OH is 1. The number of hydrogen-bond acceptors (Lipinski definition) is 2. The number of rotatable bonds is 6. The van der Waals surface area contributed by atoms with E-state index in [1.54, 1.807) is 0 Å². The van der Waals surface area contributed by atoms with Gasteiger partial charge >= 0.3 is 0 Å². The Morgan fingerprint density at radius 1 is 1.00 bits per heavy atom. The molecule has 2 aromatic rings. The van der Waals surface area contributed by atoms with Gasteiger partial charge in [-0.1, -0.05) is 49.4 Å². The van der Waals surface area contributed by atoms with Crippen LogP contribution in [0, 0.1) is 5.92 Å². The molecule has 0 radical (unpaired) electrons. The van der Waals surface area contributed by atoms with E-state index in [9.17, 15) is 5.11 Å². The highest BCUT2D eigenvalue weighted by Crippen LogP contribution is 2.23. The molecule has 0 saturated carbocycles. The normalized spacial score (nSPS) is 24.7. The number of hydrogen-bond donors (Lipinski definition) is 1. The summed E-state index contributed by atoms with van der Waals surface area (Å²) in [6, 6.07) is 18.4. The molecule has 3 rings (SSSR count). The van der Waals surface area contributed by atoms with Crippen LogP contribution in [0.4, 0.5) is 0 Å². The van der Waals surface area contributed by atoms with E-state index in [-0.39, 0.29) is 0 Å². The van der Waals surface area contributed by atoms with Crippen LogP contribution in [0.5, 0.6) is 5.75 Å². The molecule has 1 N–H and O–H groups in total. The van der Waals surface area contributed by atoms with Gasteiger partial charge in [0.1, 0.15) is 25.0 Å². The van der Waals surface area contributed by atoms with Gasteiger partial charge in [0.2, 0.25) is 0 Å². The lowest BCUT2D eigenvalue weighted by molar-refractivity contribution is -0.918. The zero-order chi connectivity index (χ0) is 17.7. The molecule has 1 saturated heterocycles. The third-order valence-corrected chi connectivity index (χ3v) is 5.38. The van der Waals surface area contributed by atoms with Crippen molar-refractivity contribution in [1.29, 1.82) is 0 Å². The number of nitrogens with zero attached hydrogens (tertiary/aromatic N) is 1. The minimum Gasteiger partial charge on any atom is -0.491 e. The third-order valence-electron chi connectivity index (χ3n) is 5.38. The van der Waals surface area contributed by atoms with Gasteiger partial charge in [-0.15, -0.1) is 0 Å². The number of likely N-dealkylation sites (N-methyl/N-ethyl adjacent to an activating group) is 1. The minimum absolute atomic E-state index is 0.355. The van der Waals surface area contributed by atoms with Crippen LogP contribution in [0.1, 0.15) is 19.8 Å². The molecule has 1 aliphatic heterocycles. The van der Waals surface area contributed by atoms with Crippen LogP contribution in [0.15, 0.2) is 54.6 Å². The summed E-state index contributed by atoms with van der Waals surface area (Å²) in [6.07, 6.45) is 2.09. The fourth-order valence-electron chi connectivity index (χ4n) is 3.63. The summed E-state index contributed by atoms with van der Waals surface area (Å²) in [5, 5.41) is 10.4. The quantitative estimate of drug-likeness (QED) is 0.806. The van der Waals surface area contributed by atoms with Crippen LogP contribution in [0.2, 0.25) is 0 Å². The molecule has 25 heavy (non-hydrogen) atoms. The molecule has 0 amide bonds. The van der Waals surface area contributed by atoms with Crippen LogP contribution in [-0.4, -0.2) is 49.0 Å². The van der Waals surface area contributed by atoms with Gasteiger partial charge in [0.25, 0.3) is 0 Å². The molecule has 1 atom stereocenters. The Kier molecular flexibility index (Phi) is 5.77. The van der Waals surface area contributed by atoms with Crippen molar-refractivity contribution >= 4 is 0 Å². The van der Waals surface area contributed by atoms with E-state index >= 15 is 0 Å². The van der Waals surface area contributed by atoms with Crippen LogP contribution in [-0.2, 0) is 0 Å². The summed E-state index contributed by atoms with van der Waals surface area (Å²) in [6.45, 7) is 5.76. The fraction of sp³-hybridized carbons (Fsp3) is 0.455. The molecule has 3 heteroatoms. The van der Waals surface area contributed by atoms with Gasteiger partial charge in [-0.05, 0) is 42.0 Å². The maximum Gasteiger partial charge on any atom is 0.137 e. The molecular weight excluding hydrogens is 310 g/mol. The molecule has 1 unspecified atom stereocenters. The molecule has 1 aliphatic rings. The fourth-order valence-corrected chi connectivity index (χ4v) is 3.63. The van der Waals surface area contributed by atoms with Gasteiger partial charge in [-0.2, -0.15) is 0 Å². The lowest BCUT2D eigenvalue weighted by Gasteiger charge is -2.41. The molecule has 0 aromatic heterocycles. The predicted molar refractivity (Wildman–Crippen MR) is 103 cm³/mol. The number of piperidine rings is 1. The second-order valence-corrected chi connectivity index (χ2v) is 7.79.